The Bertz CT molecular complexity index is 1270. The molecule has 1 aliphatic heterocycles. The van der Waals surface area contributed by atoms with E-state index in [4.69, 9.17) is 0 Å². The van der Waals surface area contributed by atoms with Crippen LogP contribution >= 0.6 is 0 Å². The highest BCUT2D eigenvalue weighted by molar-refractivity contribution is 7.93. The van der Waals surface area contributed by atoms with Crippen LogP contribution in [0.15, 0.2) is 66.7 Å². The molecule has 1 heterocycles. The van der Waals surface area contributed by atoms with Gasteiger partial charge in [-0.25, -0.2) is 8.42 Å². The van der Waals surface area contributed by atoms with Crippen LogP contribution in [0.3, 0.4) is 0 Å². The lowest BCUT2D eigenvalue weighted by Gasteiger charge is -2.22. The number of para-hydroxylation sites is 3. The van der Waals surface area contributed by atoms with Crippen LogP contribution in [0.4, 0.5) is 22.7 Å². The standard InChI is InChI=1S/C23H21N3O3S/c1-26(30(28,29)16-11-12-16)22-9-5-2-6-17(22)15-10-13-18-21(14-15)24-19-7-3-4-8-20(19)25-23(18)27/h2-10,13-14,16,24H,11-12H2,1H3,(H,25,27). The third-order valence-corrected chi connectivity index (χ3v) is 7.86. The van der Waals surface area contributed by atoms with E-state index in [1.807, 2.05) is 60.7 Å². The molecule has 2 aliphatic rings. The topological polar surface area (TPSA) is 78.5 Å². The van der Waals surface area contributed by atoms with Gasteiger partial charge in [-0.15, -0.1) is 0 Å². The molecule has 30 heavy (non-hydrogen) atoms. The van der Waals surface area contributed by atoms with Crippen molar-refractivity contribution in [1.29, 1.82) is 0 Å². The average Bonchev–Trinajstić information content (AvgIpc) is 3.61. The second kappa shape index (κ2) is 6.88. The van der Waals surface area contributed by atoms with Gasteiger partial charge < -0.3 is 10.6 Å². The number of carbonyl (C=O) groups excluding carboxylic acids is 1. The van der Waals surface area contributed by atoms with Crippen molar-refractivity contribution in [3.05, 3.63) is 72.3 Å². The largest absolute Gasteiger partial charge is 0.353 e. The van der Waals surface area contributed by atoms with Crippen LogP contribution in [0.2, 0.25) is 0 Å². The van der Waals surface area contributed by atoms with E-state index in [1.165, 1.54) is 4.31 Å². The van der Waals surface area contributed by atoms with E-state index in [2.05, 4.69) is 10.6 Å². The van der Waals surface area contributed by atoms with Crippen molar-refractivity contribution in [3.63, 3.8) is 0 Å². The first-order chi connectivity index (χ1) is 14.4. The summed E-state index contributed by atoms with van der Waals surface area (Å²) in [6.07, 6.45) is 1.43. The van der Waals surface area contributed by atoms with Gasteiger partial charge in [0.1, 0.15) is 0 Å². The van der Waals surface area contributed by atoms with Crippen LogP contribution in [-0.4, -0.2) is 26.6 Å². The Morgan fingerprint density at radius 3 is 2.23 bits per heavy atom. The number of fused-ring (bicyclic) bond motifs is 2. The van der Waals surface area contributed by atoms with Gasteiger partial charge in [0.2, 0.25) is 10.0 Å². The van der Waals surface area contributed by atoms with Crippen molar-refractivity contribution in [3.8, 4) is 11.1 Å². The first-order valence-electron chi connectivity index (χ1n) is 9.84. The zero-order chi connectivity index (χ0) is 20.9. The van der Waals surface area contributed by atoms with Gasteiger partial charge in [-0.2, -0.15) is 0 Å². The van der Waals surface area contributed by atoms with E-state index in [0.29, 0.717) is 29.8 Å². The number of nitrogens with one attached hydrogen (secondary N) is 2. The van der Waals surface area contributed by atoms with E-state index in [-0.39, 0.29) is 11.2 Å². The van der Waals surface area contributed by atoms with E-state index >= 15 is 0 Å². The summed E-state index contributed by atoms with van der Waals surface area (Å²) in [6.45, 7) is 0. The molecule has 0 aromatic heterocycles. The molecule has 0 bridgehead atoms. The van der Waals surface area contributed by atoms with Crippen molar-refractivity contribution in [2.45, 2.75) is 18.1 Å². The van der Waals surface area contributed by atoms with Crippen molar-refractivity contribution >= 4 is 38.7 Å². The number of carbonyl (C=O) groups is 1. The number of nitrogens with zero attached hydrogens (tertiary/aromatic N) is 1. The normalized spacial score (nSPS) is 15.3. The van der Waals surface area contributed by atoms with Gasteiger partial charge in [0.15, 0.2) is 0 Å². The van der Waals surface area contributed by atoms with Gasteiger partial charge in [-0.3, -0.25) is 9.10 Å². The molecule has 1 aliphatic carbocycles. The third kappa shape index (κ3) is 3.11. The molecule has 3 aromatic rings. The number of hydrogen-bond donors (Lipinski definition) is 2. The number of hydrogen-bond acceptors (Lipinski definition) is 4. The van der Waals surface area contributed by atoms with Crippen molar-refractivity contribution in [1.82, 2.24) is 0 Å². The summed E-state index contributed by atoms with van der Waals surface area (Å²) in [5, 5.41) is 5.97. The summed E-state index contributed by atoms with van der Waals surface area (Å²) in [6, 6.07) is 20.5. The first-order valence-corrected chi connectivity index (χ1v) is 11.3. The fourth-order valence-electron chi connectivity index (χ4n) is 3.77. The van der Waals surface area contributed by atoms with Crippen molar-refractivity contribution in [2.24, 2.45) is 0 Å². The molecule has 1 fully saturated rings. The molecule has 0 radical (unpaired) electrons. The summed E-state index contributed by atoms with van der Waals surface area (Å²) < 4.78 is 27.0. The molecule has 0 spiro atoms. The van der Waals surface area contributed by atoms with Gasteiger partial charge in [0.05, 0.1) is 33.6 Å². The van der Waals surface area contributed by atoms with Gasteiger partial charge in [-0.05, 0) is 48.7 Å². The molecular formula is C23H21N3O3S. The minimum Gasteiger partial charge on any atom is -0.353 e. The van der Waals surface area contributed by atoms with Crippen LogP contribution in [0.1, 0.15) is 23.2 Å². The SMILES string of the molecule is CN(c1ccccc1-c1ccc2c(c1)Nc1ccccc1NC2=O)S(=O)(=O)C1CC1. The second-order valence-electron chi connectivity index (χ2n) is 7.61. The fourth-order valence-corrected chi connectivity index (χ4v) is 5.38. The van der Waals surface area contributed by atoms with Crippen LogP contribution in [-0.2, 0) is 10.0 Å². The summed E-state index contributed by atoms with van der Waals surface area (Å²) in [5.74, 6) is -0.185. The third-order valence-electron chi connectivity index (χ3n) is 5.59. The van der Waals surface area contributed by atoms with Crippen LogP contribution in [0, 0.1) is 0 Å². The monoisotopic (exact) mass is 419 g/mol. The number of benzene rings is 3. The molecule has 6 nitrogen and oxygen atoms in total. The zero-order valence-corrected chi connectivity index (χ0v) is 17.2. The molecule has 1 amide bonds. The van der Waals surface area contributed by atoms with E-state index in [1.54, 1.807) is 13.1 Å². The van der Waals surface area contributed by atoms with Crippen molar-refractivity contribution < 1.29 is 13.2 Å². The maximum Gasteiger partial charge on any atom is 0.257 e. The molecule has 0 saturated heterocycles. The minimum atomic E-state index is -3.37. The van der Waals surface area contributed by atoms with E-state index < -0.39 is 10.0 Å². The smallest absolute Gasteiger partial charge is 0.257 e. The summed E-state index contributed by atoms with van der Waals surface area (Å²) >= 11 is 0. The predicted molar refractivity (Wildman–Crippen MR) is 120 cm³/mol. The summed E-state index contributed by atoms with van der Waals surface area (Å²) in [4.78, 5) is 12.7. The van der Waals surface area contributed by atoms with Gasteiger partial charge >= 0.3 is 0 Å². The maximum atomic E-state index is 12.8. The first kappa shape index (κ1) is 18.7. The van der Waals surface area contributed by atoms with Crippen molar-refractivity contribution in [2.75, 3.05) is 22.0 Å². The molecule has 2 N–H and O–H groups in total. The summed E-state index contributed by atoms with van der Waals surface area (Å²) in [5.41, 5.74) is 5.00. The lowest BCUT2D eigenvalue weighted by Crippen LogP contribution is -2.30. The Morgan fingerprint density at radius 1 is 0.833 bits per heavy atom. The number of anilines is 4. The number of amides is 1. The predicted octanol–water partition coefficient (Wildman–Crippen LogP) is 4.59. The zero-order valence-electron chi connectivity index (χ0n) is 16.4. The lowest BCUT2D eigenvalue weighted by atomic mass is 10.0. The maximum absolute atomic E-state index is 12.8. The molecule has 7 heteroatoms. The van der Waals surface area contributed by atoms with Gasteiger partial charge in [0.25, 0.3) is 5.91 Å². The minimum absolute atomic E-state index is 0.185. The van der Waals surface area contributed by atoms with E-state index in [0.717, 1.165) is 22.5 Å². The summed E-state index contributed by atoms with van der Waals surface area (Å²) in [7, 11) is -1.76. The Kier molecular flexibility index (Phi) is 4.29. The molecule has 1 saturated carbocycles. The van der Waals surface area contributed by atoms with Crippen LogP contribution in [0.5, 0.6) is 0 Å². The molecule has 0 unspecified atom stereocenters. The number of sulfonamides is 1. The van der Waals surface area contributed by atoms with Gasteiger partial charge in [-0.1, -0.05) is 36.4 Å². The number of rotatable bonds is 4. The molecule has 152 valence electrons. The second-order valence-corrected chi connectivity index (χ2v) is 9.86. The van der Waals surface area contributed by atoms with Crippen LogP contribution < -0.4 is 14.9 Å². The highest BCUT2D eigenvalue weighted by atomic mass is 32.2. The fraction of sp³-hybridized carbons (Fsp3) is 0.174. The quantitative estimate of drug-likeness (QED) is 0.648. The lowest BCUT2D eigenvalue weighted by molar-refractivity contribution is 0.102. The molecule has 0 atom stereocenters. The Balaban J connectivity index is 1.59. The molecule has 3 aromatic carbocycles. The highest BCUT2D eigenvalue weighted by Gasteiger charge is 2.39. The highest BCUT2D eigenvalue weighted by Crippen LogP contribution is 2.39. The Labute approximate surface area is 175 Å². The Hall–Kier alpha value is -3.32. The Morgan fingerprint density at radius 2 is 1.50 bits per heavy atom. The van der Waals surface area contributed by atoms with Gasteiger partial charge in [0, 0.05) is 12.6 Å². The van der Waals surface area contributed by atoms with E-state index in [9.17, 15) is 13.2 Å². The average molecular weight is 420 g/mol. The van der Waals surface area contributed by atoms with Crippen LogP contribution in [0.25, 0.3) is 11.1 Å². The molecule has 5 rings (SSSR count). The molecular weight excluding hydrogens is 398 g/mol.